The Hall–Kier alpha value is -2.33. The smallest absolute Gasteiger partial charge is 0.221 e. The van der Waals surface area contributed by atoms with Gasteiger partial charge in [-0.3, -0.25) is 0 Å². The quantitative estimate of drug-likeness (QED) is 0.448. The first-order valence-electron chi connectivity index (χ1n) is 7.73. The summed E-state index contributed by atoms with van der Waals surface area (Å²) < 4.78 is 149. The summed E-state index contributed by atoms with van der Waals surface area (Å²) in [5.41, 5.74) is -11.6. The van der Waals surface area contributed by atoms with E-state index in [2.05, 4.69) is 0 Å². The molecule has 0 saturated heterocycles. The topological polar surface area (TPSA) is 0 Å². The maximum atomic E-state index is 15.0. The number of rotatable bonds is 3. The van der Waals surface area contributed by atoms with E-state index in [4.69, 9.17) is 0 Å². The third-order valence-electron chi connectivity index (χ3n) is 4.25. The molecule has 160 valence electrons. The highest BCUT2D eigenvalue weighted by Crippen LogP contribution is 2.60. The molecule has 0 aromatic heterocycles. The molecule has 0 nitrogen and oxygen atoms in total. The van der Waals surface area contributed by atoms with Gasteiger partial charge >= 0.3 is 23.9 Å². The fraction of sp³-hybridized carbons (Fsp3) is 0.333. The highest BCUT2D eigenvalue weighted by atomic mass is 19.4. The van der Waals surface area contributed by atoms with Crippen molar-refractivity contribution in [1.82, 2.24) is 0 Å². The lowest BCUT2D eigenvalue weighted by Gasteiger charge is -2.37. The molecule has 0 spiro atoms. The Morgan fingerprint density at radius 1 is 0.724 bits per heavy atom. The summed E-state index contributed by atoms with van der Waals surface area (Å²) in [6, 6.07) is 3.08. The molecule has 0 aliphatic heterocycles. The molecule has 1 atom stereocenters. The van der Waals surface area contributed by atoms with E-state index in [9.17, 15) is 43.9 Å². The van der Waals surface area contributed by atoms with Crippen LogP contribution in [0.4, 0.5) is 48.3 Å². The van der Waals surface area contributed by atoms with Crippen LogP contribution in [0.1, 0.15) is 16.7 Å². The molecular weight excluding hydrogens is 425 g/mol. The van der Waals surface area contributed by atoms with Crippen molar-refractivity contribution in [3.63, 3.8) is 0 Å². The molecule has 2 aromatic carbocycles. The number of hydrogen-bond donors (Lipinski definition) is 0. The SMILES string of the molecule is Cc1cc(C)c(-c2cccc(F)c2F)c(C(F)(C(F)(F)F)C(F)(F)C(F)(F)F)c1. The molecule has 11 heteroatoms. The van der Waals surface area contributed by atoms with E-state index < -0.39 is 57.8 Å². The molecule has 0 radical (unpaired) electrons. The van der Waals surface area contributed by atoms with Crippen LogP contribution in [-0.2, 0) is 5.67 Å². The molecule has 29 heavy (non-hydrogen) atoms. The summed E-state index contributed by atoms with van der Waals surface area (Å²) >= 11 is 0. The van der Waals surface area contributed by atoms with Crippen molar-refractivity contribution in [1.29, 1.82) is 0 Å². The van der Waals surface area contributed by atoms with Crippen molar-refractivity contribution in [2.75, 3.05) is 0 Å². The lowest BCUT2D eigenvalue weighted by atomic mass is 9.80. The number of benzene rings is 2. The van der Waals surface area contributed by atoms with E-state index in [1.165, 1.54) is 0 Å². The van der Waals surface area contributed by atoms with E-state index in [-0.39, 0.29) is 11.6 Å². The third-order valence-corrected chi connectivity index (χ3v) is 4.25. The molecule has 2 aromatic rings. The maximum absolute atomic E-state index is 15.0. The van der Waals surface area contributed by atoms with Crippen molar-refractivity contribution in [2.45, 2.75) is 37.8 Å². The lowest BCUT2D eigenvalue weighted by Crippen LogP contribution is -2.60. The molecule has 0 amide bonds. The number of alkyl halides is 9. The molecule has 2 rings (SSSR count). The van der Waals surface area contributed by atoms with Gasteiger partial charge in [-0.1, -0.05) is 29.8 Å². The molecule has 0 aliphatic rings. The standard InChI is InChI=1S/C18H11F11/c1-8-6-9(2)13(10-4-3-5-12(19)14(10)20)11(7-8)15(21,17(24,25)26)16(22,23)18(27,28)29/h3-7H,1-2H3. The van der Waals surface area contributed by atoms with Gasteiger partial charge in [0.2, 0.25) is 0 Å². The second kappa shape index (κ2) is 6.88. The van der Waals surface area contributed by atoms with Gasteiger partial charge in [-0.2, -0.15) is 35.1 Å². The minimum absolute atomic E-state index is 0.111. The van der Waals surface area contributed by atoms with Crippen molar-refractivity contribution in [3.05, 3.63) is 58.7 Å². The van der Waals surface area contributed by atoms with Gasteiger partial charge in [-0.05, 0) is 31.0 Å². The van der Waals surface area contributed by atoms with Gasteiger partial charge in [0.25, 0.3) is 0 Å². The van der Waals surface area contributed by atoms with Gasteiger partial charge in [-0.25, -0.2) is 13.2 Å². The summed E-state index contributed by atoms with van der Waals surface area (Å²) in [5, 5.41) is 0. The molecule has 0 saturated carbocycles. The zero-order valence-electron chi connectivity index (χ0n) is 14.5. The first-order chi connectivity index (χ1) is 13.0. The molecule has 0 heterocycles. The van der Waals surface area contributed by atoms with Gasteiger partial charge in [0, 0.05) is 11.1 Å². The Kier molecular flexibility index (Phi) is 5.44. The van der Waals surface area contributed by atoms with Gasteiger partial charge in [0.1, 0.15) is 0 Å². The average molecular weight is 436 g/mol. The highest BCUT2D eigenvalue weighted by Gasteiger charge is 2.82. The van der Waals surface area contributed by atoms with Crippen LogP contribution in [0.3, 0.4) is 0 Å². The zero-order valence-corrected chi connectivity index (χ0v) is 14.5. The van der Waals surface area contributed by atoms with Gasteiger partial charge in [0.05, 0.1) is 0 Å². The minimum atomic E-state index is -6.94. The van der Waals surface area contributed by atoms with Crippen LogP contribution in [0.25, 0.3) is 11.1 Å². The summed E-state index contributed by atoms with van der Waals surface area (Å²) in [4.78, 5) is 0. The Morgan fingerprint density at radius 3 is 1.76 bits per heavy atom. The second-order valence-electron chi connectivity index (χ2n) is 6.33. The van der Waals surface area contributed by atoms with Crippen LogP contribution in [0, 0.1) is 25.5 Å². The van der Waals surface area contributed by atoms with Crippen molar-refractivity contribution >= 4 is 0 Å². The van der Waals surface area contributed by atoms with Gasteiger partial charge < -0.3 is 0 Å². The maximum Gasteiger partial charge on any atom is 0.457 e. The molecule has 0 fully saturated rings. The summed E-state index contributed by atoms with van der Waals surface area (Å²) in [5.74, 6) is -10.4. The molecule has 0 bridgehead atoms. The van der Waals surface area contributed by atoms with Crippen LogP contribution in [0.5, 0.6) is 0 Å². The molecule has 0 aliphatic carbocycles. The van der Waals surface area contributed by atoms with Crippen LogP contribution in [0.2, 0.25) is 0 Å². The first-order valence-corrected chi connectivity index (χ1v) is 7.73. The zero-order chi connectivity index (χ0) is 22.6. The van der Waals surface area contributed by atoms with E-state index in [1.807, 2.05) is 0 Å². The Bertz CT molecular complexity index is 925. The Labute approximate surface area is 156 Å². The van der Waals surface area contributed by atoms with Crippen molar-refractivity contribution in [2.24, 2.45) is 0 Å². The van der Waals surface area contributed by atoms with Crippen molar-refractivity contribution < 1.29 is 48.3 Å². The lowest BCUT2D eigenvalue weighted by molar-refractivity contribution is -0.389. The van der Waals surface area contributed by atoms with Crippen LogP contribution in [-0.4, -0.2) is 18.3 Å². The Morgan fingerprint density at radius 2 is 1.28 bits per heavy atom. The van der Waals surface area contributed by atoms with Gasteiger partial charge in [-0.15, -0.1) is 0 Å². The minimum Gasteiger partial charge on any atom is -0.221 e. The van der Waals surface area contributed by atoms with Crippen molar-refractivity contribution in [3.8, 4) is 11.1 Å². The monoisotopic (exact) mass is 436 g/mol. The molecular formula is C18H11F11. The van der Waals surface area contributed by atoms with E-state index in [0.717, 1.165) is 26.0 Å². The summed E-state index contributed by atoms with van der Waals surface area (Å²) in [6.07, 6.45) is -13.7. The molecule has 0 N–H and O–H groups in total. The van der Waals surface area contributed by atoms with Gasteiger partial charge in [0.15, 0.2) is 11.6 Å². The van der Waals surface area contributed by atoms with E-state index in [0.29, 0.717) is 12.1 Å². The predicted molar refractivity (Wildman–Crippen MR) is 81.1 cm³/mol. The fourth-order valence-electron chi connectivity index (χ4n) is 2.99. The van der Waals surface area contributed by atoms with Crippen LogP contribution in [0.15, 0.2) is 30.3 Å². The first kappa shape index (κ1) is 23.0. The van der Waals surface area contributed by atoms with Crippen LogP contribution < -0.4 is 0 Å². The average Bonchev–Trinajstić information content (AvgIpc) is 2.54. The normalized spacial score (nSPS) is 15.3. The highest BCUT2D eigenvalue weighted by molar-refractivity contribution is 5.74. The predicted octanol–water partition coefficient (Wildman–Crippen LogP) is 7.17. The van der Waals surface area contributed by atoms with E-state index >= 15 is 4.39 Å². The molecule has 1 unspecified atom stereocenters. The fourth-order valence-corrected chi connectivity index (χ4v) is 2.99. The number of halogens is 11. The Balaban J connectivity index is 3.07. The van der Waals surface area contributed by atoms with Crippen LogP contribution >= 0.6 is 0 Å². The summed E-state index contributed by atoms with van der Waals surface area (Å²) in [7, 11) is 0. The largest absolute Gasteiger partial charge is 0.457 e. The summed E-state index contributed by atoms with van der Waals surface area (Å²) in [6.45, 7) is 1.96. The van der Waals surface area contributed by atoms with E-state index in [1.54, 1.807) is 0 Å². The second-order valence-corrected chi connectivity index (χ2v) is 6.33. The number of hydrogen-bond acceptors (Lipinski definition) is 0. The third kappa shape index (κ3) is 3.44. The number of aryl methyl sites for hydroxylation is 2.